The molecule has 1 unspecified atom stereocenters. The maximum Gasteiger partial charge on any atom is 0.332 e. The zero-order chi connectivity index (χ0) is 12.2. The van der Waals surface area contributed by atoms with Crippen LogP contribution in [-0.4, -0.2) is 18.9 Å². The van der Waals surface area contributed by atoms with Gasteiger partial charge in [0.2, 0.25) is 6.29 Å². The van der Waals surface area contributed by atoms with Crippen LogP contribution in [0.4, 0.5) is 0 Å². The molecule has 0 radical (unpaired) electrons. The summed E-state index contributed by atoms with van der Waals surface area (Å²) in [6.45, 7) is 8.20. The van der Waals surface area contributed by atoms with E-state index in [2.05, 4.69) is 13.5 Å². The molecule has 0 amide bonds. The molecule has 3 heteroatoms. The summed E-state index contributed by atoms with van der Waals surface area (Å²) >= 11 is 0. The molecule has 0 aliphatic rings. The van der Waals surface area contributed by atoms with E-state index < -0.39 is 12.3 Å². The molecule has 0 saturated heterocycles. The van der Waals surface area contributed by atoms with Crippen molar-refractivity contribution in [1.82, 2.24) is 0 Å². The second-order valence-corrected chi connectivity index (χ2v) is 3.79. The lowest BCUT2D eigenvalue weighted by molar-refractivity contribution is -0.174. The Morgan fingerprint density at radius 2 is 2.00 bits per heavy atom. The third-order valence-electron chi connectivity index (χ3n) is 2.22. The lowest BCUT2D eigenvalue weighted by atomic mass is 10.1. The molecule has 0 saturated carbocycles. The van der Waals surface area contributed by atoms with Gasteiger partial charge >= 0.3 is 5.97 Å². The van der Waals surface area contributed by atoms with Crippen LogP contribution in [0.15, 0.2) is 12.7 Å². The first-order valence-corrected chi connectivity index (χ1v) is 6.19. The minimum absolute atomic E-state index is 0.401. The van der Waals surface area contributed by atoms with Crippen LogP contribution < -0.4 is 0 Å². The maximum atomic E-state index is 11.1. The van der Waals surface area contributed by atoms with Crippen molar-refractivity contribution in [3.8, 4) is 0 Å². The molecular weight excluding hydrogens is 204 g/mol. The van der Waals surface area contributed by atoms with E-state index in [9.17, 15) is 4.79 Å². The Morgan fingerprint density at radius 3 is 2.56 bits per heavy atom. The fraction of sp³-hybridized carbons (Fsp3) is 0.769. The smallest absolute Gasteiger partial charge is 0.332 e. The van der Waals surface area contributed by atoms with Crippen molar-refractivity contribution in [3.63, 3.8) is 0 Å². The molecule has 0 aromatic carbocycles. The third kappa shape index (κ3) is 8.48. The highest BCUT2D eigenvalue weighted by Gasteiger charge is 2.12. The quantitative estimate of drug-likeness (QED) is 0.249. The monoisotopic (exact) mass is 228 g/mol. The molecule has 0 bridgehead atoms. The number of carbonyl (C=O) groups is 1. The van der Waals surface area contributed by atoms with Gasteiger partial charge in [-0.15, -0.1) is 0 Å². The first-order valence-electron chi connectivity index (χ1n) is 6.19. The van der Waals surface area contributed by atoms with E-state index in [1.807, 2.05) is 6.92 Å². The Labute approximate surface area is 98.8 Å². The minimum atomic E-state index is -0.406. The predicted molar refractivity (Wildman–Crippen MR) is 65.1 cm³/mol. The molecule has 94 valence electrons. The fourth-order valence-electron chi connectivity index (χ4n) is 1.34. The zero-order valence-corrected chi connectivity index (χ0v) is 10.5. The summed E-state index contributed by atoms with van der Waals surface area (Å²) in [5.41, 5.74) is 0. The van der Waals surface area contributed by atoms with Gasteiger partial charge in [-0.2, -0.15) is 0 Å². The normalized spacial score (nSPS) is 12.1. The summed E-state index contributed by atoms with van der Waals surface area (Å²) in [4.78, 5) is 11.1. The number of hydrogen-bond acceptors (Lipinski definition) is 3. The van der Waals surface area contributed by atoms with Crippen molar-refractivity contribution in [2.24, 2.45) is 0 Å². The molecule has 0 aromatic heterocycles. The second kappa shape index (κ2) is 10.7. The zero-order valence-electron chi connectivity index (χ0n) is 10.5. The summed E-state index contributed by atoms with van der Waals surface area (Å²) in [5, 5.41) is 0. The Morgan fingerprint density at radius 1 is 1.25 bits per heavy atom. The van der Waals surface area contributed by atoms with E-state index in [0.29, 0.717) is 6.61 Å². The van der Waals surface area contributed by atoms with Gasteiger partial charge in [-0.1, -0.05) is 39.7 Å². The average Bonchev–Trinajstić information content (AvgIpc) is 2.30. The number of unbranched alkanes of at least 4 members (excludes halogenated alkanes) is 3. The van der Waals surface area contributed by atoms with Gasteiger partial charge in [0.25, 0.3) is 0 Å². The molecule has 0 aromatic rings. The molecule has 0 N–H and O–H groups in total. The predicted octanol–water partition coefficient (Wildman–Crippen LogP) is 3.44. The van der Waals surface area contributed by atoms with E-state index in [4.69, 9.17) is 9.47 Å². The average molecular weight is 228 g/mol. The van der Waals surface area contributed by atoms with Gasteiger partial charge in [-0.05, 0) is 12.8 Å². The minimum Gasteiger partial charge on any atom is -0.433 e. The highest BCUT2D eigenvalue weighted by molar-refractivity contribution is 5.81. The number of rotatable bonds is 10. The molecule has 0 aliphatic carbocycles. The largest absolute Gasteiger partial charge is 0.433 e. The number of carbonyl (C=O) groups excluding carboxylic acids is 1. The van der Waals surface area contributed by atoms with Gasteiger partial charge in [-0.25, -0.2) is 4.79 Å². The summed E-state index contributed by atoms with van der Waals surface area (Å²) in [6, 6.07) is 0. The van der Waals surface area contributed by atoms with Crippen LogP contribution in [0.1, 0.15) is 52.4 Å². The number of esters is 1. The Bertz CT molecular complexity index is 190. The molecule has 0 fully saturated rings. The maximum absolute atomic E-state index is 11.1. The second-order valence-electron chi connectivity index (χ2n) is 3.79. The van der Waals surface area contributed by atoms with E-state index in [1.165, 1.54) is 18.9 Å². The lowest BCUT2D eigenvalue weighted by Crippen LogP contribution is -2.20. The number of ether oxygens (including phenoxy) is 2. The standard InChI is InChI=1S/C13H24O3/c1-4-7-8-9-10-13(15-11-5-2)16-12(14)6-3/h6,13H,3-5,7-11H2,1-2H3. The summed E-state index contributed by atoms with van der Waals surface area (Å²) in [5.74, 6) is -0.406. The molecule has 16 heavy (non-hydrogen) atoms. The van der Waals surface area contributed by atoms with Crippen molar-refractivity contribution in [3.05, 3.63) is 12.7 Å². The van der Waals surface area contributed by atoms with Crippen LogP contribution >= 0.6 is 0 Å². The molecule has 1 atom stereocenters. The van der Waals surface area contributed by atoms with Gasteiger partial charge in [0.1, 0.15) is 0 Å². The van der Waals surface area contributed by atoms with Gasteiger partial charge in [0.05, 0.1) is 6.61 Å². The van der Waals surface area contributed by atoms with Gasteiger partial charge in [-0.3, -0.25) is 0 Å². The Balaban J connectivity index is 3.80. The Hall–Kier alpha value is -0.830. The topological polar surface area (TPSA) is 35.5 Å². The van der Waals surface area contributed by atoms with Crippen LogP contribution in [0.25, 0.3) is 0 Å². The van der Waals surface area contributed by atoms with Crippen molar-refractivity contribution in [2.45, 2.75) is 58.7 Å². The first-order chi connectivity index (χ1) is 7.74. The van der Waals surface area contributed by atoms with Crippen LogP contribution in [0.5, 0.6) is 0 Å². The molecule has 0 spiro atoms. The first kappa shape index (κ1) is 15.2. The molecule has 0 heterocycles. The molecular formula is C13H24O3. The van der Waals surface area contributed by atoms with E-state index >= 15 is 0 Å². The third-order valence-corrected chi connectivity index (χ3v) is 2.22. The highest BCUT2D eigenvalue weighted by atomic mass is 16.7. The van der Waals surface area contributed by atoms with Crippen molar-refractivity contribution < 1.29 is 14.3 Å². The summed E-state index contributed by atoms with van der Waals surface area (Å²) in [6.07, 6.45) is 7.09. The van der Waals surface area contributed by atoms with E-state index in [-0.39, 0.29) is 0 Å². The van der Waals surface area contributed by atoms with E-state index in [1.54, 1.807) is 0 Å². The molecule has 3 nitrogen and oxygen atoms in total. The van der Waals surface area contributed by atoms with Gasteiger partial charge < -0.3 is 9.47 Å². The fourth-order valence-corrected chi connectivity index (χ4v) is 1.34. The van der Waals surface area contributed by atoms with E-state index in [0.717, 1.165) is 25.7 Å². The number of hydrogen-bond donors (Lipinski definition) is 0. The summed E-state index contributed by atoms with van der Waals surface area (Å²) < 4.78 is 10.6. The van der Waals surface area contributed by atoms with Crippen molar-refractivity contribution in [1.29, 1.82) is 0 Å². The van der Waals surface area contributed by atoms with Crippen LogP contribution in [0, 0.1) is 0 Å². The summed E-state index contributed by atoms with van der Waals surface area (Å²) in [7, 11) is 0. The van der Waals surface area contributed by atoms with Crippen molar-refractivity contribution in [2.75, 3.05) is 6.61 Å². The lowest BCUT2D eigenvalue weighted by Gasteiger charge is -2.17. The highest BCUT2D eigenvalue weighted by Crippen LogP contribution is 2.10. The SMILES string of the molecule is C=CC(=O)OC(CCCCCC)OCCC. The van der Waals surface area contributed by atoms with Crippen LogP contribution in [0.2, 0.25) is 0 Å². The molecule has 0 aliphatic heterocycles. The van der Waals surface area contributed by atoms with Crippen LogP contribution in [-0.2, 0) is 14.3 Å². The van der Waals surface area contributed by atoms with Crippen LogP contribution in [0.3, 0.4) is 0 Å². The molecule has 0 rings (SSSR count). The van der Waals surface area contributed by atoms with Gasteiger partial charge in [0, 0.05) is 12.5 Å². The van der Waals surface area contributed by atoms with Gasteiger partial charge in [0.15, 0.2) is 0 Å². The Kier molecular flexibility index (Phi) is 10.1. The van der Waals surface area contributed by atoms with Crippen molar-refractivity contribution >= 4 is 5.97 Å².